The van der Waals surface area contributed by atoms with Crippen molar-refractivity contribution in [2.45, 2.75) is 11.4 Å². The number of amides is 1. The second-order valence-corrected chi connectivity index (χ2v) is 8.60. The second kappa shape index (κ2) is 9.26. The molecule has 0 aromatic heterocycles. The van der Waals surface area contributed by atoms with Crippen LogP contribution in [-0.2, 0) is 26.1 Å². The minimum absolute atomic E-state index is 0.290. The topological polar surface area (TPSA) is 92.8 Å². The van der Waals surface area contributed by atoms with E-state index in [0.29, 0.717) is 6.54 Å². The fourth-order valence-corrected chi connectivity index (χ4v) is 3.23. The number of likely N-dealkylation sites (N-methyl/N-ethyl adjacent to an activating group) is 1. The molecule has 0 aliphatic rings. The Morgan fingerprint density at radius 1 is 1.18 bits per heavy atom. The summed E-state index contributed by atoms with van der Waals surface area (Å²) in [6.45, 7) is -0.303. The number of nitrogens with one attached hydrogen (secondary N) is 1. The first-order valence-corrected chi connectivity index (χ1v) is 10.3. The van der Waals surface area contributed by atoms with Crippen LogP contribution in [0.15, 0.2) is 51.8 Å². The van der Waals surface area contributed by atoms with Crippen molar-refractivity contribution >= 4 is 37.8 Å². The fraction of sp³-hybridized carbons (Fsp3) is 0.222. The minimum atomic E-state index is -3.86. The number of carbonyl (C=O) groups excluding carboxylic acids is 2. The lowest BCUT2D eigenvalue weighted by molar-refractivity contribution is -0.133. The average molecular weight is 473 g/mol. The highest BCUT2D eigenvalue weighted by Crippen LogP contribution is 2.16. The van der Waals surface area contributed by atoms with Gasteiger partial charge in [-0.3, -0.25) is 4.79 Å². The summed E-state index contributed by atoms with van der Waals surface area (Å²) < 4.78 is 45.3. The van der Waals surface area contributed by atoms with Gasteiger partial charge in [0.2, 0.25) is 10.0 Å². The number of rotatable bonds is 7. The normalized spacial score (nSPS) is 11.1. The Morgan fingerprint density at radius 2 is 1.82 bits per heavy atom. The summed E-state index contributed by atoms with van der Waals surface area (Å²) in [6, 6.07) is 10.1. The number of carbonyl (C=O) groups is 2. The summed E-state index contributed by atoms with van der Waals surface area (Å²) >= 11 is 3.32. The molecule has 2 rings (SSSR count). The monoisotopic (exact) mass is 472 g/mol. The molecule has 0 aliphatic heterocycles. The van der Waals surface area contributed by atoms with Crippen LogP contribution < -0.4 is 4.72 Å². The van der Waals surface area contributed by atoms with Crippen LogP contribution in [0.25, 0.3) is 0 Å². The van der Waals surface area contributed by atoms with Crippen LogP contribution in [0.3, 0.4) is 0 Å². The quantitative estimate of drug-likeness (QED) is 0.624. The zero-order valence-corrected chi connectivity index (χ0v) is 17.5. The third-order valence-electron chi connectivity index (χ3n) is 3.82. The van der Waals surface area contributed by atoms with E-state index in [0.717, 1.165) is 28.2 Å². The standard InChI is InChI=1S/C18H18BrFN2O5S/c1-21-28(25,26)14-7-8-16(20)15(9-14)18(24)27-11-17(23)22(2)10-12-3-5-13(19)6-4-12/h3-9,21H,10-11H2,1-2H3. The maximum atomic E-state index is 13.9. The predicted octanol–water partition coefficient (Wildman–Crippen LogP) is 2.31. The van der Waals surface area contributed by atoms with Crippen molar-refractivity contribution in [1.29, 1.82) is 0 Å². The highest BCUT2D eigenvalue weighted by atomic mass is 79.9. The van der Waals surface area contributed by atoms with Crippen molar-refractivity contribution < 1.29 is 27.1 Å². The first-order chi connectivity index (χ1) is 13.1. The van der Waals surface area contributed by atoms with E-state index >= 15 is 0 Å². The first-order valence-electron chi connectivity index (χ1n) is 8.02. The molecular formula is C18H18BrFN2O5S. The molecule has 1 N–H and O–H groups in total. The Bertz CT molecular complexity index is 980. The molecule has 0 spiro atoms. The molecule has 28 heavy (non-hydrogen) atoms. The number of hydrogen-bond acceptors (Lipinski definition) is 5. The lowest BCUT2D eigenvalue weighted by Gasteiger charge is -2.17. The molecule has 0 heterocycles. The summed E-state index contributed by atoms with van der Waals surface area (Å²) in [5, 5.41) is 0. The molecule has 0 radical (unpaired) electrons. The molecule has 1 amide bonds. The van der Waals surface area contributed by atoms with E-state index in [2.05, 4.69) is 20.7 Å². The molecule has 0 bridgehead atoms. The zero-order valence-electron chi connectivity index (χ0n) is 15.1. The van der Waals surface area contributed by atoms with Crippen LogP contribution in [0.5, 0.6) is 0 Å². The molecule has 0 saturated heterocycles. The van der Waals surface area contributed by atoms with E-state index in [1.807, 2.05) is 24.3 Å². The van der Waals surface area contributed by atoms with Gasteiger partial charge in [-0.2, -0.15) is 0 Å². The molecule has 150 valence electrons. The number of benzene rings is 2. The SMILES string of the molecule is CNS(=O)(=O)c1ccc(F)c(C(=O)OCC(=O)N(C)Cc2ccc(Br)cc2)c1. The summed E-state index contributed by atoms with van der Waals surface area (Å²) in [5.74, 6) is -2.57. The Labute approximate surface area is 170 Å². The molecule has 0 unspecified atom stereocenters. The highest BCUT2D eigenvalue weighted by molar-refractivity contribution is 9.10. The molecular weight excluding hydrogens is 455 g/mol. The predicted molar refractivity (Wildman–Crippen MR) is 104 cm³/mol. The van der Waals surface area contributed by atoms with Gasteiger partial charge in [0, 0.05) is 18.1 Å². The molecule has 0 fully saturated rings. The smallest absolute Gasteiger partial charge is 0.341 e. The second-order valence-electron chi connectivity index (χ2n) is 5.80. The summed E-state index contributed by atoms with van der Waals surface area (Å²) in [6.07, 6.45) is 0. The number of hydrogen-bond donors (Lipinski definition) is 1. The van der Waals surface area contributed by atoms with Gasteiger partial charge in [0.1, 0.15) is 5.82 Å². The lowest BCUT2D eigenvalue weighted by atomic mass is 10.2. The summed E-state index contributed by atoms with van der Waals surface area (Å²) in [7, 11) is -1.12. The van der Waals surface area contributed by atoms with Crippen LogP contribution in [0.4, 0.5) is 4.39 Å². The van der Waals surface area contributed by atoms with E-state index in [1.54, 1.807) is 7.05 Å². The minimum Gasteiger partial charge on any atom is -0.452 e. The van der Waals surface area contributed by atoms with E-state index in [-0.39, 0.29) is 4.90 Å². The van der Waals surface area contributed by atoms with E-state index < -0.39 is 39.9 Å². The van der Waals surface area contributed by atoms with Gasteiger partial charge in [0.05, 0.1) is 10.5 Å². The third kappa shape index (κ3) is 5.60. The van der Waals surface area contributed by atoms with Crippen molar-refractivity contribution in [2.24, 2.45) is 0 Å². The summed E-state index contributed by atoms with van der Waals surface area (Å²) in [5.41, 5.74) is 0.307. The molecule has 0 saturated carbocycles. The molecule has 2 aromatic carbocycles. The highest BCUT2D eigenvalue weighted by Gasteiger charge is 2.20. The molecule has 7 nitrogen and oxygen atoms in total. The van der Waals surface area contributed by atoms with Crippen molar-refractivity contribution in [1.82, 2.24) is 9.62 Å². The van der Waals surface area contributed by atoms with Gasteiger partial charge in [-0.05, 0) is 42.9 Å². The Hall–Kier alpha value is -2.30. The van der Waals surface area contributed by atoms with Gasteiger partial charge in [-0.25, -0.2) is 22.3 Å². The zero-order chi connectivity index (χ0) is 20.9. The average Bonchev–Trinajstić information content (AvgIpc) is 2.67. The molecule has 0 aliphatic carbocycles. The number of nitrogens with zero attached hydrogens (tertiary/aromatic N) is 1. The van der Waals surface area contributed by atoms with Crippen molar-refractivity contribution in [3.8, 4) is 0 Å². The number of ether oxygens (including phenoxy) is 1. The molecule has 0 atom stereocenters. The van der Waals surface area contributed by atoms with E-state index in [1.165, 1.54) is 11.9 Å². The van der Waals surface area contributed by atoms with Crippen LogP contribution in [0, 0.1) is 5.82 Å². The fourth-order valence-electron chi connectivity index (χ4n) is 2.21. The number of esters is 1. The molecule has 2 aromatic rings. The van der Waals surface area contributed by atoms with Gasteiger partial charge >= 0.3 is 5.97 Å². The van der Waals surface area contributed by atoms with Crippen LogP contribution >= 0.6 is 15.9 Å². The Kier molecular flexibility index (Phi) is 7.28. The summed E-state index contributed by atoms with van der Waals surface area (Å²) in [4.78, 5) is 25.3. The Balaban J connectivity index is 2.02. The van der Waals surface area contributed by atoms with Crippen molar-refractivity contribution in [2.75, 3.05) is 20.7 Å². The van der Waals surface area contributed by atoms with Crippen LogP contribution in [-0.4, -0.2) is 45.9 Å². The van der Waals surface area contributed by atoms with Crippen LogP contribution in [0.2, 0.25) is 0 Å². The maximum absolute atomic E-state index is 13.9. The first kappa shape index (κ1) is 22.0. The van der Waals surface area contributed by atoms with Crippen molar-refractivity contribution in [3.63, 3.8) is 0 Å². The Morgan fingerprint density at radius 3 is 2.43 bits per heavy atom. The largest absolute Gasteiger partial charge is 0.452 e. The van der Waals surface area contributed by atoms with Gasteiger partial charge in [0.25, 0.3) is 5.91 Å². The van der Waals surface area contributed by atoms with Gasteiger partial charge in [-0.15, -0.1) is 0 Å². The van der Waals surface area contributed by atoms with E-state index in [9.17, 15) is 22.4 Å². The van der Waals surface area contributed by atoms with Crippen LogP contribution in [0.1, 0.15) is 15.9 Å². The number of sulfonamides is 1. The third-order valence-corrected chi connectivity index (χ3v) is 5.76. The van der Waals surface area contributed by atoms with Crippen molar-refractivity contribution in [3.05, 3.63) is 63.9 Å². The maximum Gasteiger partial charge on any atom is 0.341 e. The lowest BCUT2D eigenvalue weighted by Crippen LogP contribution is -2.31. The molecule has 10 heteroatoms. The van der Waals surface area contributed by atoms with E-state index in [4.69, 9.17) is 4.74 Å². The van der Waals surface area contributed by atoms with Gasteiger partial charge in [-0.1, -0.05) is 28.1 Å². The van der Waals surface area contributed by atoms with Gasteiger partial charge in [0.15, 0.2) is 6.61 Å². The van der Waals surface area contributed by atoms with Gasteiger partial charge < -0.3 is 9.64 Å². The number of halogens is 2.